The minimum atomic E-state index is -0.212. The second-order valence-electron chi connectivity index (χ2n) is 5.26. The summed E-state index contributed by atoms with van der Waals surface area (Å²) in [5.41, 5.74) is 8.15. The summed E-state index contributed by atoms with van der Waals surface area (Å²) in [6, 6.07) is 5.72. The molecular weight excluding hydrogens is 212 g/mol. The van der Waals surface area contributed by atoms with Crippen LogP contribution in [0.1, 0.15) is 38.2 Å². The Morgan fingerprint density at radius 3 is 2.65 bits per heavy atom. The Hall–Kier alpha value is -1.51. The third-order valence-electron chi connectivity index (χ3n) is 3.83. The summed E-state index contributed by atoms with van der Waals surface area (Å²) in [7, 11) is 0. The molecule has 1 aromatic rings. The first-order chi connectivity index (χ1) is 8.03. The highest BCUT2D eigenvalue weighted by Crippen LogP contribution is 2.38. The van der Waals surface area contributed by atoms with Gasteiger partial charge in [0.05, 0.1) is 11.4 Å². The minimum absolute atomic E-state index is 0.104. The van der Waals surface area contributed by atoms with Crippen LogP contribution in [0.25, 0.3) is 0 Å². The van der Waals surface area contributed by atoms with Gasteiger partial charge in [0.2, 0.25) is 5.91 Å². The summed E-state index contributed by atoms with van der Waals surface area (Å²) >= 11 is 0. The molecule has 3 heteroatoms. The molecule has 1 amide bonds. The summed E-state index contributed by atoms with van der Waals surface area (Å²) in [5.74, 6) is 0.104. The lowest BCUT2D eigenvalue weighted by atomic mass is 9.87. The molecule has 3 N–H and O–H groups in total. The number of para-hydroxylation sites is 1. The number of anilines is 2. The van der Waals surface area contributed by atoms with Crippen LogP contribution >= 0.6 is 0 Å². The minimum Gasteiger partial charge on any atom is -0.397 e. The Kier molecular flexibility index (Phi) is 3.09. The van der Waals surface area contributed by atoms with E-state index < -0.39 is 0 Å². The van der Waals surface area contributed by atoms with Crippen molar-refractivity contribution >= 4 is 17.3 Å². The standard InChI is InChI=1S/C14H20N2O/c1-10-6-5-7-11(12(10)15)16-13(17)14(2)8-3-4-9-14/h5-7H,3-4,8-9,15H2,1-2H3,(H,16,17). The number of rotatable bonds is 2. The van der Waals surface area contributed by atoms with Gasteiger partial charge < -0.3 is 11.1 Å². The summed E-state index contributed by atoms with van der Waals surface area (Å²) in [5, 5.41) is 2.97. The molecule has 0 aromatic heterocycles. The van der Waals surface area contributed by atoms with E-state index >= 15 is 0 Å². The third-order valence-corrected chi connectivity index (χ3v) is 3.83. The van der Waals surface area contributed by atoms with Crippen LogP contribution in [0, 0.1) is 12.3 Å². The van der Waals surface area contributed by atoms with E-state index in [0.717, 1.165) is 36.9 Å². The zero-order chi connectivity index (χ0) is 12.5. The number of benzene rings is 1. The van der Waals surface area contributed by atoms with Crippen molar-refractivity contribution in [1.29, 1.82) is 0 Å². The van der Waals surface area contributed by atoms with Crippen LogP contribution < -0.4 is 11.1 Å². The summed E-state index contributed by atoms with van der Waals surface area (Å²) in [6.45, 7) is 3.99. The van der Waals surface area contributed by atoms with Gasteiger partial charge >= 0.3 is 0 Å². The lowest BCUT2D eigenvalue weighted by molar-refractivity contribution is -0.124. The van der Waals surface area contributed by atoms with Crippen molar-refractivity contribution in [2.75, 3.05) is 11.1 Å². The predicted octanol–water partition coefficient (Wildman–Crippen LogP) is 3.10. The van der Waals surface area contributed by atoms with Crippen molar-refractivity contribution in [3.8, 4) is 0 Å². The van der Waals surface area contributed by atoms with Crippen molar-refractivity contribution in [2.24, 2.45) is 5.41 Å². The maximum atomic E-state index is 12.2. The van der Waals surface area contributed by atoms with Gasteiger partial charge in [0.25, 0.3) is 0 Å². The van der Waals surface area contributed by atoms with Crippen molar-refractivity contribution in [3.05, 3.63) is 23.8 Å². The van der Waals surface area contributed by atoms with E-state index in [-0.39, 0.29) is 11.3 Å². The fraction of sp³-hybridized carbons (Fsp3) is 0.500. The number of carbonyl (C=O) groups is 1. The fourth-order valence-electron chi connectivity index (χ4n) is 2.45. The maximum absolute atomic E-state index is 12.2. The zero-order valence-corrected chi connectivity index (χ0v) is 10.5. The summed E-state index contributed by atoms with van der Waals surface area (Å²) < 4.78 is 0. The van der Waals surface area contributed by atoms with E-state index in [2.05, 4.69) is 5.32 Å². The number of hydrogen-bond donors (Lipinski definition) is 2. The molecule has 1 aromatic carbocycles. The number of aryl methyl sites for hydroxylation is 1. The molecule has 0 heterocycles. The number of carbonyl (C=O) groups excluding carboxylic acids is 1. The molecule has 2 rings (SSSR count). The molecule has 3 nitrogen and oxygen atoms in total. The Bertz CT molecular complexity index is 434. The molecule has 0 unspecified atom stereocenters. The Balaban J connectivity index is 2.16. The Morgan fingerprint density at radius 2 is 2.00 bits per heavy atom. The molecule has 92 valence electrons. The predicted molar refractivity (Wildman–Crippen MR) is 70.8 cm³/mol. The van der Waals surface area contributed by atoms with Crippen molar-refractivity contribution < 1.29 is 4.79 Å². The average molecular weight is 232 g/mol. The Morgan fingerprint density at radius 1 is 1.35 bits per heavy atom. The van der Waals surface area contributed by atoms with Gasteiger partial charge in [-0.05, 0) is 31.4 Å². The van der Waals surface area contributed by atoms with Gasteiger partial charge in [-0.15, -0.1) is 0 Å². The summed E-state index contributed by atoms with van der Waals surface area (Å²) in [6.07, 6.45) is 4.25. The normalized spacial score (nSPS) is 18.0. The monoisotopic (exact) mass is 232 g/mol. The number of hydrogen-bond acceptors (Lipinski definition) is 2. The van der Waals surface area contributed by atoms with Gasteiger partial charge in [0, 0.05) is 5.41 Å². The second kappa shape index (κ2) is 4.40. The van der Waals surface area contributed by atoms with E-state index in [4.69, 9.17) is 5.73 Å². The molecule has 1 saturated carbocycles. The maximum Gasteiger partial charge on any atom is 0.230 e. The van der Waals surface area contributed by atoms with Crippen LogP contribution in [0.2, 0.25) is 0 Å². The quantitative estimate of drug-likeness (QED) is 0.770. The average Bonchev–Trinajstić information content (AvgIpc) is 2.73. The van der Waals surface area contributed by atoms with Crippen LogP contribution in [-0.2, 0) is 4.79 Å². The third kappa shape index (κ3) is 2.28. The van der Waals surface area contributed by atoms with E-state index in [9.17, 15) is 4.79 Å². The molecule has 0 atom stereocenters. The highest BCUT2D eigenvalue weighted by molar-refractivity contribution is 5.98. The smallest absolute Gasteiger partial charge is 0.230 e. The van der Waals surface area contributed by atoms with E-state index in [1.165, 1.54) is 0 Å². The first kappa shape index (κ1) is 12.0. The molecule has 1 aliphatic rings. The molecule has 0 aliphatic heterocycles. The van der Waals surface area contributed by atoms with Gasteiger partial charge in [-0.2, -0.15) is 0 Å². The van der Waals surface area contributed by atoms with Gasteiger partial charge in [-0.1, -0.05) is 31.9 Å². The fourth-order valence-corrected chi connectivity index (χ4v) is 2.45. The molecule has 17 heavy (non-hydrogen) atoms. The van der Waals surface area contributed by atoms with Gasteiger partial charge in [0.15, 0.2) is 0 Å². The summed E-state index contributed by atoms with van der Waals surface area (Å²) in [4.78, 5) is 12.2. The molecule has 1 fully saturated rings. The number of nitrogens with two attached hydrogens (primary N) is 1. The van der Waals surface area contributed by atoms with Gasteiger partial charge in [-0.3, -0.25) is 4.79 Å². The number of nitrogen functional groups attached to an aromatic ring is 1. The van der Waals surface area contributed by atoms with Crippen LogP contribution in [0.3, 0.4) is 0 Å². The van der Waals surface area contributed by atoms with Crippen LogP contribution in [0.5, 0.6) is 0 Å². The van der Waals surface area contributed by atoms with E-state index in [1.54, 1.807) is 0 Å². The first-order valence-electron chi connectivity index (χ1n) is 6.19. The van der Waals surface area contributed by atoms with Gasteiger partial charge in [-0.25, -0.2) is 0 Å². The number of nitrogens with one attached hydrogen (secondary N) is 1. The lowest BCUT2D eigenvalue weighted by Crippen LogP contribution is -2.31. The highest BCUT2D eigenvalue weighted by atomic mass is 16.2. The molecule has 0 saturated heterocycles. The van der Waals surface area contributed by atoms with E-state index in [1.807, 2.05) is 32.0 Å². The SMILES string of the molecule is Cc1cccc(NC(=O)C2(C)CCCC2)c1N. The van der Waals surface area contributed by atoms with Crippen LogP contribution in [0.4, 0.5) is 11.4 Å². The van der Waals surface area contributed by atoms with Crippen molar-refractivity contribution in [3.63, 3.8) is 0 Å². The molecule has 0 bridgehead atoms. The topological polar surface area (TPSA) is 55.1 Å². The Labute approximate surface area is 102 Å². The lowest BCUT2D eigenvalue weighted by Gasteiger charge is -2.23. The largest absolute Gasteiger partial charge is 0.397 e. The second-order valence-corrected chi connectivity index (χ2v) is 5.26. The van der Waals surface area contributed by atoms with Gasteiger partial charge in [0.1, 0.15) is 0 Å². The number of amides is 1. The molecule has 0 spiro atoms. The molecule has 0 radical (unpaired) electrons. The zero-order valence-electron chi connectivity index (χ0n) is 10.5. The van der Waals surface area contributed by atoms with Crippen LogP contribution in [-0.4, -0.2) is 5.91 Å². The highest BCUT2D eigenvalue weighted by Gasteiger charge is 2.36. The van der Waals surface area contributed by atoms with E-state index in [0.29, 0.717) is 5.69 Å². The van der Waals surface area contributed by atoms with Crippen LogP contribution in [0.15, 0.2) is 18.2 Å². The van der Waals surface area contributed by atoms with Crippen molar-refractivity contribution in [2.45, 2.75) is 39.5 Å². The first-order valence-corrected chi connectivity index (χ1v) is 6.19. The van der Waals surface area contributed by atoms with Crippen molar-refractivity contribution in [1.82, 2.24) is 0 Å². The molecule has 1 aliphatic carbocycles. The molecular formula is C14H20N2O.